The number of pyridine rings is 1. The molecule has 1 fully saturated rings. The van der Waals surface area contributed by atoms with Gasteiger partial charge in [0.15, 0.2) is 5.54 Å². The Labute approximate surface area is 231 Å². The summed E-state index contributed by atoms with van der Waals surface area (Å²) in [6.45, 7) is 6.92. The first kappa shape index (κ1) is 26.0. The molecular weight excluding hydrogens is 510 g/mol. The molecular formula is C29H26ClN9. The predicted molar refractivity (Wildman–Crippen MR) is 149 cm³/mol. The predicted octanol–water partition coefficient (Wildman–Crippen LogP) is 5.90. The number of hydrogen-bond donors (Lipinski definition) is 2. The van der Waals surface area contributed by atoms with Gasteiger partial charge in [-0.2, -0.15) is 15.8 Å². The Balaban J connectivity index is 1.63. The van der Waals surface area contributed by atoms with E-state index < -0.39 is 11.6 Å². The van der Waals surface area contributed by atoms with E-state index in [2.05, 4.69) is 64.9 Å². The summed E-state index contributed by atoms with van der Waals surface area (Å²) in [6, 6.07) is 17.3. The lowest BCUT2D eigenvalue weighted by molar-refractivity contribution is 0.443. The Morgan fingerprint density at radius 2 is 1.85 bits per heavy atom. The van der Waals surface area contributed by atoms with E-state index in [9.17, 15) is 15.8 Å². The van der Waals surface area contributed by atoms with E-state index in [-0.39, 0.29) is 5.41 Å². The zero-order chi connectivity index (χ0) is 27.8. The topological polar surface area (TPSA) is 139 Å². The molecule has 194 valence electrons. The Morgan fingerprint density at radius 3 is 2.49 bits per heavy atom. The second-order valence-corrected chi connectivity index (χ2v) is 11.3. The van der Waals surface area contributed by atoms with Crippen LogP contribution in [0.1, 0.15) is 62.0 Å². The Morgan fingerprint density at radius 1 is 1.10 bits per heavy atom. The van der Waals surface area contributed by atoms with E-state index in [0.717, 1.165) is 18.4 Å². The number of halogens is 1. The number of benzene rings is 2. The number of nitrogens with one attached hydrogen (secondary N) is 2. The van der Waals surface area contributed by atoms with Gasteiger partial charge in [-0.15, -0.1) is 5.10 Å². The molecule has 1 saturated carbocycles. The second kappa shape index (κ2) is 9.91. The first-order valence-corrected chi connectivity index (χ1v) is 12.9. The van der Waals surface area contributed by atoms with Gasteiger partial charge in [0.2, 0.25) is 0 Å². The fourth-order valence-electron chi connectivity index (χ4n) is 4.42. The number of rotatable bonds is 7. The summed E-state index contributed by atoms with van der Waals surface area (Å²) in [5.74, 6) is 0. The zero-order valence-corrected chi connectivity index (χ0v) is 22.6. The maximum absolute atomic E-state index is 10.00. The first-order chi connectivity index (χ1) is 18.7. The Bertz CT molecular complexity index is 1690. The third-order valence-electron chi connectivity index (χ3n) is 6.71. The lowest BCUT2D eigenvalue weighted by Gasteiger charge is -2.22. The van der Waals surface area contributed by atoms with Crippen LogP contribution in [0.2, 0.25) is 5.02 Å². The van der Waals surface area contributed by atoms with Crippen LogP contribution in [-0.2, 0) is 5.54 Å². The van der Waals surface area contributed by atoms with E-state index in [1.165, 1.54) is 6.20 Å². The molecule has 0 radical (unpaired) electrons. The lowest BCUT2D eigenvalue weighted by atomic mass is 9.96. The highest BCUT2D eigenvalue weighted by atomic mass is 35.5. The van der Waals surface area contributed by atoms with Crippen LogP contribution in [0.5, 0.6) is 0 Å². The van der Waals surface area contributed by atoms with Crippen LogP contribution in [0.15, 0.2) is 48.8 Å². The number of hydrogen-bond acceptors (Lipinski definition) is 8. The molecule has 1 atom stereocenters. The third kappa shape index (κ3) is 5.08. The zero-order valence-electron chi connectivity index (χ0n) is 21.8. The van der Waals surface area contributed by atoms with Gasteiger partial charge in [-0.25, -0.2) is 4.68 Å². The molecule has 0 unspecified atom stereocenters. The average Bonchev–Trinajstić information content (AvgIpc) is 3.57. The summed E-state index contributed by atoms with van der Waals surface area (Å²) in [6.07, 6.45) is 4.72. The van der Waals surface area contributed by atoms with Crippen molar-refractivity contribution in [2.24, 2.45) is 5.41 Å². The van der Waals surface area contributed by atoms with E-state index in [1.807, 2.05) is 24.3 Å². The highest BCUT2D eigenvalue weighted by Crippen LogP contribution is 2.43. The number of fused-ring (bicyclic) bond motifs is 1. The Hall–Kier alpha value is -4.65. The molecule has 0 amide bonds. The fourth-order valence-corrected chi connectivity index (χ4v) is 4.66. The molecule has 1 aliphatic carbocycles. The summed E-state index contributed by atoms with van der Waals surface area (Å²) in [5, 5.41) is 46.2. The minimum absolute atomic E-state index is 0.0421. The summed E-state index contributed by atoms with van der Waals surface area (Å²) in [5.41, 5.74) is 3.16. The van der Waals surface area contributed by atoms with Gasteiger partial charge in [0.05, 0.1) is 40.6 Å². The number of aromatic nitrogens is 4. The van der Waals surface area contributed by atoms with Crippen molar-refractivity contribution in [2.45, 2.75) is 45.2 Å². The molecule has 39 heavy (non-hydrogen) atoms. The molecule has 9 nitrogen and oxygen atoms in total. The van der Waals surface area contributed by atoms with Crippen molar-refractivity contribution < 1.29 is 0 Å². The van der Waals surface area contributed by atoms with Gasteiger partial charge in [-0.05, 0) is 42.0 Å². The van der Waals surface area contributed by atoms with Crippen molar-refractivity contribution in [3.63, 3.8) is 0 Å². The monoisotopic (exact) mass is 535 g/mol. The summed E-state index contributed by atoms with van der Waals surface area (Å²) >= 11 is 6.62. The highest BCUT2D eigenvalue weighted by molar-refractivity contribution is 6.31. The normalized spacial score (nSPS) is 14.6. The molecule has 10 heteroatoms. The van der Waals surface area contributed by atoms with Crippen molar-refractivity contribution in [2.75, 3.05) is 17.2 Å². The molecule has 2 N–H and O–H groups in total. The van der Waals surface area contributed by atoms with E-state index in [4.69, 9.17) is 11.6 Å². The molecule has 0 spiro atoms. The SMILES string of the molecule is CC(C)(C)CNc1c(C#N)cnc2c(C#N)cc(N[C@H](c3cn(C4(C#N)CC4)nn3)c3ccccc3Cl)cc12. The van der Waals surface area contributed by atoms with Gasteiger partial charge >= 0.3 is 0 Å². The molecule has 4 aromatic rings. The van der Waals surface area contributed by atoms with Crippen LogP contribution >= 0.6 is 11.6 Å². The van der Waals surface area contributed by atoms with Crippen molar-refractivity contribution in [3.05, 3.63) is 76.2 Å². The third-order valence-corrected chi connectivity index (χ3v) is 7.06. The van der Waals surface area contributed by atoms with Crippen molar-refractivity contribution >= 4 is 33.9 Å². The highest BCUT2D eigenvalue weighted by Gasteiger charge is 2.47. The number of nitrogens with zero attached hydrogens (tertiary/aromatic N) is 7. The van der Waals surface area contributed by atoms with E-state index in [0.29, 0.717) is 50.7 Å². The van der Waals surface area contributed by atoms with Crippen LogP contribution in [0, 0.1) is 39.4 Å². The molecule has 1 aliphatic rings. The molecule has 0 aliphatic heterocycles. The molecule has 0 saturated heterocycles. The van der Waals surface area contributed by atoms with Gasteiger partial charge in [-0.3, -0.25) is 4.98 Å². The molecule has 2 aromatic heterocycles. The van der Waals surface area contributed by atoms with Gasteiger partial charge in [0.25, 0.3) is 0 Å². The van der Waals surface area contributed by atoms with Crippen molar-refractivity contribution in [1.29, 1.82) is 15.8 Å². The smallest absolute Gasteiger partial charge is 0.150 e. The van der Waals surface area contributed by atoms with Gasteiger partial charge in [0, 0.05) is 28.8 Å². The molecule has 0 bridgehead atoms. The van der Waals surface area contributed by atoms with Gasteiger partial charge in [0.1, 0.15) is 17.8 Å². The van der Waals surface area contributed by atoms with Crippen molar-refractivity contribution in [1.82, 2.24) is 20.0 Å². The summed E-state index contributed by atoms with van der Waals surface area (Å²) in [7, 11) is 0. The average molecular weight is 536 g/mol. The summed E-state index contributed by atoms with van der Waals surface area (Å²) in [4.78, 5) is 4.44. The first-order valence-electron chi connectivity index (χ1n) is 12.5. The van der Waals surface area contributed by atoms with Crippen LogP contribution in [0.25, 0.3) is 10.9 Å². The maximum Gasteiger partial charge on any atom is 0.150 e. The van der Waals surface area contributed by atoms with Crippen LogP contribution in [-0.4, -0.2) is 26.5 Å². The molecule has 2 heterocycles. The second-order valence-electron chi connectivity index (χ2n) is 10.9. The lowest BCUT2D eigenvalue weighted by Crippen LogP contribution is -2.20. The molecule has 5 rings (SSSR count). The van der Waals surface area contributed by atoms with Gasteiger partial charge in [-0.1, -0.05) is 55.8 Å². The fraction of sp³-hybridized carbons (Fsp3) is 0.310. The van der Waals surface area contributed by atoms with E-state index >= 15 is 0 Å². The maximum atomic E-state index is 10.00. The van der Waals surface area contributed by atoms with Crippen LogP contribution in [0.4, 0.5) is 11.4 Å². The quantitative estimate of drug-likeness (QED) is 0.298. The Kier molecular flexibility index (Phi) is 6.60. The standard InChI is InChI=1S/C29H26ClN9/c1-28(2,3)17-35-26-19(13-32)14-34-25-18(12-31)10-20(11-22(25)26)36-27(21-6-4-5-7-23(21)30)24-15-39(38-37-24)29(16-33)8-9-29/h4-7,10-11,14-15,27,36H,8-9,17H2,1-3H3,(H,34,35)/t27-/m0/s1. The number of anilines is 2. The molecule has 2 aromatic carbocycles. The van der Waals surface area contributed by atoms with Crippen LogP contribution in [0.3, 0.4) is 0 Å². The minimum atomic E-state index is -0.653. The van der Waals surface area contributed by atoms with Crippen LogP contribution < -0.4 is 10.6 Å². The number of nitriles is 3. The van der Waals surface area contributed by atoms with E-state index in [1.54, 1.807) is 23.0 Å². The largest absolute Gasteiger partial charge is 0.383 e. The van der Waals surface area contributed by atoms with Crippen molar-refractivity contribution in [3.8, 4) is 18.2 Å². The summed E-state index contributed by atoms with van der Waals surface area (Å²) < 4.78 is 1.62. The minimum Gasteiger partial charge on any atom is -0.383 e. The van der Waals surface area contributed by atoms with Gasteiger partial charge < -0.3 is 10.6 Å².